The molecule has 1 aromatic heterocycles. The van der Waals surface area contributed by atoms with Crippen LogP contribution in [0.4, 0.5) is 4.39 Å². The molecule has 1 saturated carbocycles. The van der Waals surface area contributed by atoms with E-state index >= 15 is 0 Å². The molecule has 1 N–H and O–H groups in total. The van der Waals surface area contributed by atoms with E-state index in [1.165, 1.54) is 21.1 Å². The first-order valence-electron chi connectivity index (χ1n) is 10.3. The Hall–Kier alpha value is -2.33. The Balaban J connectivity index is 1.46. The van der Waals surface area contributed by atoms with Gasteiger partial charge in [0.05, 0.1) is 17.6 Å². The highest BCUT2D eigenvalue weighted by atomic mass is 32.2. The van der Waals surface area contributed by atoms with Gasteiger partial charge in [-0.3, -0.25) is 9.48 Å². The lowest BCUT2D eigenvalue weighted by molar-refractivity contribution is 0.0932. The summed E-state index contributed by atoms with van der Waals surface area (Å²) in [6.45, 7) is 2.25. The molecule has 10 heteroatoms. The molecule has 1 unspecified atom stereocenters. The van der Waals surface area contributed by atoms with Gasteiger partial charge in [0.1, 0.15) is 5.82 Å². The van der Waals surface area contributed by atoms with E-state index < -0.39 is 15.8 Å². The average molecular weight is 436 g/mol. The number of amides is 1. The molecule has 1 aliphatic carbocycles. The van der Waals surface area contributed by atoms with E-state index in [0.717, 1.165) is 31.7 Å². The molecule has 30 heavy (non-hydrogen) atoms. The Labute approximate surface area is 175 Å². The number of halogens is 1. The third-order valence-corrected chi connectivity index (χ3v) is 7.88. The second kappa shape index (κ2) is 8.43. The summed E-state index contributed by atoms with van der Waals surface area (Å²) in [5.74, 6) is -0.791. The van der Waals surface area contributed by atoms with Gasteiger partial charge in [0.15, 0.2) is 5.69 Å². The third kappa shape index (κ3) is 4.24. The number of sulfonamides is 1. The second-order valence-electron chi connectivity index (χ2n) is 8.10. The highest BCUT2D eigenvalue weighted by molar-refractivity contribution is 7.89. The summed E-state index contributed by atoms with van der Waals surface area (Å²) in [6, 6.07) is 3.84. The van der Waals surface area contributed by atoms with Crippen molar-refractivity contribution in [3.8, 4) is 0 Å². The largest absolute Gasteiger partial charge is 0.348 e. The van der Waals surface area contributed by atoms with E-state index in [1.807, 2.05) is 0 Å². The normalized spacial score (nSPS) is 20.7. The van der Waals surface area contributed by atoms with E-state index in [0.29, 0.717) is 24.9 Å². The number of aryl methyl sites for hydroxylation is 1. The van der Waals surface area contributed by atoms with Crippen molar-refractivity contribution in [3.63, 3.8) is 0 Å². The van der Waals surface area contributed by atoms with Gasteiger partial charge >= 0.3 is 0 Å². The van der Waals surface area contributed by atoms with Crippen LogP contribution in [0.2, 0.25) is 0 Å². The first kappa shape index (κ1) is 20.9. The molecule has 1 aliphatic heterocycles. The van der Waals surface area contributed by atoms with Gasteiger partial charge in [-0.15, -0.1) is 5.10 Å². The van der Waals surface area contributed by atoms with Crippen LogP contribution < -0.4 is 5.32 Å². The summed E-state index contributed by atoms with van der Waals surface area (Å²) in [5.41, 5.74) is 0.632. The van der Waals surface area contributed by atoms with Gasteiger partial charge in [-0.1, -0.05) is 24.1 Å². The molecule has 1 saturated heterocycles. The number of aromatic nitrogens is 3. The second-order valence-corrected chi connectivity index (χ2v) is 9.99. The van der Waals surface area contributed by atoms with Gasteiger partial charge in [0.25, 0.3) is 5.91 Å². The monoisotopic (exact) mass is 435 g/mol. The zero-order valence-corrected chi connectivity index (χ0v) is 17.7. The van der Waals surface area contributed by atoms with Crippen molar-refractivity contribution in [2.45, 2.75) is 69.0 Å². The molecular weight excluding hydrogens is 409 g/mol. The lowest BCUT2D eigenvalue weighted by Gasteiger charge is -2.24. The Morgan fingerprint density at radius 1 is 1.23 bits per heavy atom. The van der Waals surface area contributed by atoms with Crippen molar-refractivity contribution >= 4 is 15.9 Å². The van der Waals surface area contributed by atoms with Crippen molar-refractivity contribution in [1.29, 1.82) is 0 Å². The quantitative estimate of drug-likeness (QED) is 0.751. The van der Waals surface area contributed by atoms with Crippen molar-refractivity contribution in [2.24, 2.45) is 0 Å². The molecule has 8 nitrogen and oxygen atoms in total. The average Bonchev–Trinajstić information content (AvgIpc) is 3.46. The van der Waals surface area contributed by atoms with Crippen LogP contribution in [0, 0.1) is 12.7 Å². The first-order valence-corrected chi connectivity index (χ1v) is 11.8. The highest BCUT2D eigenvalue weighted by Gasteiger charge is 2.36. The molecule has 0 spiro atoms. The van der Waals surface area contributed by atoms with E-state index in [9.17, 15) is 17.6 Å². The van der Waals surface area contributed by atoms with Gasteiger partial charge < -0.3 is 5.32 Å². The number of carbonyl (C=O) groups excluding carboxylic acids is 1. The fourth-order valence-electron chi connectivity index (χ4n) is 4.21. The van der Waals surface area contributed by atoms with Crippen molar-refractivity contribution < 1.29 is 17.6 Å². The summed E-state index contributed by atoms with van der Waals surface area (Å²) in [5, 5.41) is 10.9. The number of nitrogens with one attached hydrogen (secondary N) is 1. The Morgan fingerprint density at radius 3 is 2.73 bits per heavy atom. The fourth-order valence-corrected chi connectivity index (χ4v) is 5.91. The topological polar surface area (TPSA) is 97.2 Å². The van der Waals surface area contributed by atoms with Crippen LogP contribution in [0.1, 0.15) is 54.6 Å². The minimum Gasteiger partial charge on any atom is -0.348 e. The van der Waals surface area contributed by atoms with Gasteiger partial charge in [-0.05, 0) is 50.3 Å². The van der Waals surface area contributed by atoms with Gasteiger partial charge in [0, 0.05) is 18.6 Å². The van der Waals surface area contributed by atoms with Crippen LogP contribution in [0.25, 0.3) is 0 Å². The summed E-state index contributed by atoms with van der Waals surface area (Å²) in [4.78, 5) is 12.3. The molecule has 1 aromatic carbocycles. The first-order chi connectivity index (χ1) is 14.3. The zero-order valence-electron chi connectivity index (χ0n) is 16.9. The lowest BCUT2D eigenvalue weighted by atomic mass is 10.2. The molecule has 2 heterocycles. The predicted molar refractivity (Wildman–Crippen MR) is 108 cm³/mol. The molecule has 0 radical (unpaired) electrons. The fraction of sp³-hybridized carbons (Fsp3) is 0.550. The van der Waals surface area contributed by atoms with Crippen LogP contribution in [-0.4, -0.2) is 52.3 Å². The maximum absolute atomic E-state index is 13.9. The molecule has 1 amide bonds. The van der Waals surface area contributed by atoms with E-state index in [4.69, 9.17) is 0 Å². The van der Waals surface area contributed by atoms with Crippen molar-refractivity contribution in [1.82, 2.24) is 24.6 Å². The molecule has 1 atom stereocenters. The minimum absolute atomic E-state index is 0.0484. The summed E-state index contributed by atoms with van der Waals surface area (Å²) in [7, 11) is -3.82. The summed E-state index contributed by atoms with van der Waals surface area (Å²) >= 11 is 0. The van der Waals surface area contributed by atoms with Crippen molar-refractivity contribution in [2.75, 3.05) is 6.54 Å². The number of benzene rings is 1. The van der Waals surface area contributed by atoms with Crippen LogP contribution in [0.3, 0.4) is 0 Å². The van der Waals surface area contributed by atoms with Crippen LogP contribution in [-0.2, 0) is 16.6 Å². The maximum Gasteiger partial charge on any atom is 0.273 e. The SMILES string of the molecule is Cc1ccc(S(=O)(=O)N2CCCC2Cn2cc(C(=O)NC3CCCC3)nn2)cc1F. The maximum atomic E-state index is 13.9. The number of nitrogens with zero attached hydrogens (tertiary/aromatic N) is 4. The molecule has 2 fully saturated rings. The van der Waals surface area contributed by atoms with Crippen molar-refractivity contribution in [3.05, 3.63) is 41.5 Å². The smallest absolute Gasteiger partial charge is 0.273 e. The standard InChI is InChI=1S/C20H26FN5O3S/c1-14-8-9-17(11-18(14)21)30(28,29)26-10-4-7-16(26)12-25-13-19(23-24-25)20(27)22-15-5-2-3-6-15/h8-9,11,13,15-16H,2-7,10,12H2,1H3,(H,22,27). The molecule has 2 aromatic rings. The Bertz CT molecular complexity index is 1030. The Morgan fingerprint density at radius 2 is 2.00 bits per heavy atom. The van der Waals surface area contributed by atoms with E-state index in [-0.39, 0.29) is 35.1 Å². The van der Waals surface area contributed by atoms with Crippen LogP contribution >= 0.6 is 0 Å². The number of rotatable bonds is 6. The number of hydrogen-bond donors (Lipinski definition) is 1. The predicted octanol–water partition coefficient (Wildman–Crippen LogP) is 2.25. The molecule has 4 rings (SSSR count). The van der Waals surface area contributed by atoms with E-state index in [2.05, 4.69) is 15.6 Å². The summed E-state index contributed by atoms with van der Waals surface area (Å²) in [6.07, 6.45) is 7.13. The van der Waals surface area contributed by atoms with Crippen LogP contribution in [0.5, 0.6) is 0 Å². The van der Waals surface area contributed by atoms with Gasteiger partial charge in [-0.25, -0.2) is 12.8 Å². The minimum atomic E-state index is -3.82. The molecule has 0 bridgehead atoms. The number of hydrogen-bond acceptors (Lipinski definition) is 5. The van der Waals surface area contributed by atoms with Gasteiger partial charge in [-0.2, -0.15) is 4.31 Å². The van der Waals surface area contributed by atoms with Gasteiger partial charge in [0.2, 0.25) is 10.0 Å². The number of carbonyl (C=O) groups is 1. The molecule has 162 valence electrons. The Kier molecular flexibility index (Phi) is 5.88. The van der Waals surface area contributed by atoms with Crippen LogP contribution in [0.15, 0.2) is 29.3 Å². The third-order valence-electron chi connectivity index (χ3n) is 5.93. The highest BCUT2D eigenvalue weighted by Crippen LogP contribution is 2.28. The molecular formula is C20H26FN5O3S. The zero-order chi connectivity index (χ0) is 21.3. The molecule has 2 aliphatic rings. The lowest BCUT2D eigenvalue weighted by Crippen LogP contribution is -2.38. The summed E-state index contributed by atoms with van der Waals surface area (Å²) < 4.78 is 42.9. The van der Waals surface area contributed by atoms with E-state index in [1.54, 1.807) is 13.1 Å².